The van der Waals surface area contributed by atoms with Crippen LogP contribution < -0.4 is 14.4 Å². The van der Waals surface area contributed by atoms with Crippen LogP contribution in [-0.2, 0) is 4.79 Å². The molecule has 6 rings (SSSR count). The lowest BCUT2D eigenvalue weighted by Crippen LogP contribution is -3.13. The van der Waals surface area contributed by atoms with E-state index in [0.29, 0.717) is 11.7 Å². The number of nitrogens with zero attached hydrogens (tertiary/aromatic N) is 2. The Hall–Kier alpha value is -1.99. The molecule has 5 aliphatic rings. The van der Waals surface area contributed by atoms with Crippen LogP contribution in [0.3, 0.4) is 0 Å². The Labute approximate surface area is 156 Å². The molecule has 1 aromatic rings. The number of ether oxygens (including phenoxy) is 2. The first kappa shape index (κ1) is 16.2. The number of benzene rings is 1. The highest BCUT2D eigenvalue weighted by molar-refractivity contribution is 8.15. The summed E-state index contributed by atoms with van der Waals surface area (Å²) < 4.78 is 11.1. The highest BCUT2D eigenvalue weighted by Gasteiger charge is 2.51. The molecule has 1 N–H and O–H groups in total. The number of carbonyl (C=O) groups is 1. The van der Waals surface area contributed by atoms with Gasteiger partial charge in [-0.25, -0.2) is 4.99 Å². The molecule has 6 nitrogen and oxygen atoms in total. The zero-order chi connectivity index (χ0) is 17.8. The van der Waals surface area contributed by atoms with E-state index >= 15 is 0 Å². The van der Waals surface area contributed by atoms with Crippen LogP contribution >= 0.6 is 11.8 Å². The summed E-state index contributed by atoms with van der Waals surface area (Å²) in [5.41, 5.74) is 3.46. The Bertz CT molecular complexity index is 842. The average molecular weight is 372 g/mol. The van der Waals surface area contributed by atoms with Gasteiger partial charge in [-0.2, -0.15) is 0 Å². The number of amidine groups is 1. The number of allylic oxidation sites excluding steroid dienone is 1. The number of amides is 1. The predicted octanol–water partition coefficient (Wildman–Crippen LogP) is 1.21. The van der Waals surface area contributed by atoms with Crippen molar-refractivity contribution >= 4 is 22.8 Å². The van der Waals surface area contributed by atoms with Gasteiger partial charge >= 0.3 is 0 Å². The number of piperidine rings is 1. The highest BCUT2D eigenvalue weighted by Crippen LogP contribution is 2.46. The molecule has 7 heteroatoms. The van der Waals surface area contributed by atoms with Crippen molar-refractivity contribution in [3.63, 3.8) is 0 Å². The molecule has 136 valence electrons. The van der Waals surface area contributed by atoms with Crippen LogP contribution in [0.2, 0.25) is 0 Å². The van der Waals surface area contributed by atoms with Crippen molar-refractivity contribution in [1.29, 1.82) is 0 Å². The van der Waals surface area contributed by atoms with Gasteiger partial charge in [-0.3, -0.25) is 9.69 Å². The first-order valence-electron chi connectivity index (χ1n) is 9.06. The molecule has 0 unspecified atom stereocenters. The van der Waals surface area contributed by atoms with Gasteiger partial charge in [0.15, 0.2) is 10.9 Å². The largest absolute Gasteiger partial charge is 0.497 e. The zero-order valence-corrected chi connectivity index (χ0v) is 15.8. The molecule has 1 aromatic carbocycles. The van der Waals surface area contributed by atoms with E-state index in [4.69, 9.17) is 14.5 Å². The summed E-state index contributed by atoms with van der Waals surface area (Å²) in [6.45, 7) is 2.23. The lowest BCUT2D eigenvalue weighted by Gasteiger charge is -2.44. The van der Waals surface area contributed by atoms with Gasteiger partial charge in [0.2, 0.25) is 5.91 Å². The topological polar surface area (TPSA) is 55.6 Å². The monoisotopic (exact) mass is 372 g/mol. The minimum Gasteiger partial charge on any atom is -0.497 e. The van der Waals surface area contributed by atoms with Crippen molar-refractivity contribution in [2.75, 3.05) is 33.1 Å². The second-order valence-electron chi connectivity index (χ2n) is 7.13. The highest BCUT2D eigenvalue weighted by atomic mass is 32.2. The van der Waals surface area contributed by atoms with Crippen molar-refractivity contribution in [2.24, 2.45) is 10.9 Å². The molecular formula is C19H22N3O3S+. The summed E-state index contributed by atoms with van der Waals surface area (Å²) in [6.07, 6.45) is 2.37. The number of hydrogen-bond acceptors (Lipinski definition) is 5. The maximum Gasteiger partial charge on any atom is 0.240 e. The molecule has 0 aliphatic carbocycles. The Morgan fingerprint density at radius 3 is 2.77 bits per heavy atom. The van der Waals surface area contributed by atoms with E-state index in [1.54, 1.807) is 26.0 Å². The number of rotatable bonds is 3. The third kappa shape index (κ3) is 2.23. The summed E-state index contributed by atoms with van der Waals surface area (Å²) >= 11 is 1.55. The number of quaternary nitrogens is 1. The fraction of sp³-hybridized carbons (Fsp3) is 0.474. The molecule has 0 radical (unpaired) electrons. The molecule has 2 bridgehead atoms. The van der Waals surface area contributed by atoms with E-state index in [9.17, 15) is 4.79 Å². The number of carbonyl (C=O) groups excluding carboxylic acids is 1. The Balaban J connectivity index is 1.73. The number of thioether (sulfide) groups is 1. The quantitative estimate of drug-likeness (QED) is 0.867. The van der Waals surface area contributed by atoms with Crippen molar-refractivity contribution < 1.29 is 19.2 Å². The average Bonchev–Trinajstić information content (AvgIpc) is 3.07. The van der Waals surface area contributed by atoms with E-state index in [2.05, 4.69) is 0 Å². The SMILES string of the molecule is COc1ccc(OC)c([C@@H]2C3=C(N=C4SCC(=O)N42)C2CC[NH+]3CC2)c1. The summed E-state index contributed by atoms with van der Waals surface area (Å²) in [6, 6.07) is 5.69. The predicted molar refractivity (Wildman–Crippen MR) is 99.5 cm³/mol. The minimum absolute atomic E-state index is 0.122. The minimum atomic E-state index is -0.150. The normalized spacial score (nSPS) is 29.5. The molecule has 1 amide bonds. The number of hydrogen-bond donors (Lipinski definition) is 1. The summed E-state index contributed by atoms with van der Waals surface area (Å²) in [5.74, 6) is 2.67. The fourth-order valence-electron chi connectivity index (χ4n) is 4.69. The van der Waals surface area contributed by atoms with Gasteiger partial charge in [0, 0.05) is 24.3 Å². The molecular weight excluding hydrogens is 350 g/mol. The van der Waals surface area contributed by atoms with Gasteiger partial charge in [-0.15, -0.1) is 0 Å². The number of fused-ring (bicyclic) bond motifs is 3. The maximum absolute atomic E-state index is 12.7. The van der Waals surface area contributed by atoms with E-state index in [1.165, 1.54) is 29.1 Å². The zero-order valence-electron chi connectivity index (χ0n) is 14.9. The smallest absolute Gasteiger partial charge is 0.240 e. The molecule has 0 spiro atoms. The molecule has 2 saturated heterocycles. The van der Waals surface area contributed by atoms with E-state index < -0.39 is 0 Å². The summed E-state index contributed by atoms with van der Waals surface area (Å²) in [7, 11) is 3.34. The van der Waals surface area contributed by atoms with Crippen LogP contribution in [0.25, 0.3) is 0 Å². The van der Waals surface area contributed by atoms with E-state index in [1.807, 2.05) is 23.1 Å². The van der Waals surface area contributed by atoms with Gasteiger partial charge in [0.05, 0.1) is 33.1 Å². The molecule has 26 heavy (non-hydrogen) atoms. The van der Waals surface area contributed by atoms with Gasteiger partial charge in [-0.1, -0.05) is 11.8 Å². The van der Waals surface area contributed by atoms with Crippen molar-refractivity contribution in [3.8, 4) is 11.5 Å². The second-order valence-corrected chi connectivity index (χ2v) is 8.08. The van der Waals surface area contributed by atoms with Crippen LogP contribution in [0, 0.1) is 5.92 Å². The fourth-order valence-corrected chi connectivity index (χ4v) is 5.59. The lowest BCUT2D eigenvalue weighted by atomic mass is 9.82. The van der Waals surface area contributed by atoms with Gasteiger partial charge < -0.3 is 14.4 Å². The van der Waals surface area contributed by atoms with Crippen LogP contribution in [0.4, 0.5) is 0 Å². The van der Waals surface area contributed by atoms with Crippen LogP contribution in [0.1, 0.15) is 24.4 Å². The molecule has 1 atom stereocenters. The lowest BCUT2D eigenvalue weighted by molar-refractivity contribution is -0.876. The third-order valence-electron chi connectivity index (χ3n) is 5.91. The molecule has 5 heterocycles. The van der Waals surface area contributed by atoms with Crippen LogP contribution in [0.15, 0.2) is 34.6 Å². The molecule has 5 aliphatic heterocycles. The van der Waals surface area contributed by atoms with Gasteiger partial charge in [0.1, 0.15) is 23.2 Å². The number of nitrogens with one attached hydrogen (secondary N) is 1. The maximum atomic E-state index is 12.7. The number of methoxy groups -OCH3 is 2. The first-order chi connectivity index (χ1) is 12.7. The molecule has 2 fully saturated rings. The standard InChI is InChI=1S/C19H21N3O3S/c1-24-12-3-4-14(25-2)13(9-12)17-18-16(11-5-7-21(18)8-6-11)20-19-22(17)15(23)10-26-19/h3-4,9,11,17H,5-8,10H2,1-2H3/p+1/t17-/m1/s1. The summed E-state index contributed by atoms with van der Waals surface area (Å²) in [4.78, 5) is 21.0. The van der Waals surface area contributed by atoms with E-state index in [-0.39, 0.29) is 11.9 Å². The van der Waals surface area contributed by atoms with Crippen molar-refractivity contribution in [1.82, 2.24) is 4.90 Å². The molecule has 0 saturated carbocycles. The second kappa shape index (κ2) is 6.03. The van der Waals surface area contributed by atoms with E-state index in [0.717, 1.165) is 35.3 Å². The van der Waals surface area contributed by atoms with Crippen molar-refractivity contribution in [2.45, 2.75) is 18.9 Å². The van der Waals surface area contributed by atoms with Crippen LogP contribution in [-0.4, -0.2) is 49.0 Å². The Morgan fingerprint density at radius 2 is 2.04 bits per heavy atom. The first-order valence-corrected chi connectivity index (χ1v) is 10.0. The van der Waals surface area contributed by atoms with Crippen LogP contribution in [0.5, 0.6) is 11.5 Å². The van der Waals surface area contributed by atoms with Gasteiger partial charge in [0.25, 0.3) is 0 Å². The summed E-state index contributed by atoms with van der Waals surface area (Å²) in [5, 5.41) is 0.844. The Morgan fingerprint density at radius 1 is 1.23 bits per heavy atom. The number of aliphatic imine (C=N–C) groups is 1. The Kier molecular flexibility index (Phi) is 3.76. The molecule has 0 aromatic heterocycles. The third-order valence-corrected chi connectivity index (χ3v) is 6.85. The van der Waals surface area contributed by atoms with Crippen molar-refractivity contribution in [3.05, 3.63) is 35.2 Å². The van der Waals surface area contributed by atoms with Gasteiger partial charge in [-0.05, 0) is 18.2 Å².